The standard InChI is InChI=1S/C21H33N3O3S/c1-16(17-5-6-17)22-20(25)15-23-11-13-24(14-12-23)28(26,27)19-9-7-18(8-10-19)21(2,3)4/h7-10,16-17H,5-6,11-15H2,1-4H3,(H,22,25)/t16-/m1/s1. The van der Waals surface area contributed by atoms with Gasteiger partial charge in [0.1, 0.15) is 0 Å². The van der Waals surface area contributed by atoms with Crippen molar-refractivity contribution in [3.8, 4) is 0 Å². The van der Waals surface area contributed by atoms with E-state index in [2.05, 4.69) is 33.0 Å². The lowest BCUT2D eigenvalue weighted by Crippen LogP contribution is -2.51. The minimum Gasteiger partial charge on any atom is -0.352 e. The first-order valence-corrected chi connectivity index (χ1v) is 11.6. The van der Waals surface area contributed by atoms with E-state index in [-0.39, 0.29) is 17.4 Å². The highest BCUT2D eigenvalue weighted by atomic mass is 32.2. The van der Waals surface area contributed by atoms with E-state index in [4.69, 9.17) is 0 Å². The van der Waals surface area contributed by atoms with Crippen LogP contribution >= 0.6 is 0 Å². The molecule has 0 spiro atoms. The largest absolute Gasteiger partial charge is 0.352 e. The van der Waals surface area contributed by atoms with E-state index in [0.717, 1.165) is 5.56 Å². The zero-order valence-corrected chi connectivity index (χ0v) is 18.3. The van der Waals surface area contributed by atoms with Gasteiger partial charge in [-0.25, -0.2) is 8.42 Å². The minimum absolute atomic E-state index is 0.00844. The van der Waals surface area contributed by atoms with Gasteiger partial charge >= 0.3 is 0 Å². The van der Waals surface area contributed by atoms with Crippen molar-refractivity contribution in [3.05, 3.63) is 29.8 Å². The number of hydrogen-bond donors (Lipinski definition) is 1. The number of nitrogens with zero attached hydrogens (tertiary/aromatic N) is 2. The minimum atomic E-state index is -3.49. The van der Waals surface area contributed by atoms with Crippen LogP contribution in [0.1, 0.15) is 46.1 Å². The molecule has 1 aromatic carbocycles. The number of nitrogens with one attached hydrogen (secondary N) is 1. The molecule has 1 heterocycles. The van der Waals surface area contributed by atoms with Crippen LogP contribution < -0.4 is 5.32 Å². The Labute approximate surface area is 169 Å². The van der Waals surface area contributed by atoms with Gasteiger partial charge in [0.15, 0.2) is 0 Å². The van der Waals surface area contributed by atoms with Crippen LogP contribution in [0.25, 0.3) is 0 Å². The van der Waals surface area contributed by atoms with E-state index < -0.39 is 10.0 Å². The average Bonchev–Trinajstić information content (AvgIpc) is 3.46. The van der Waals surface area contributed by atoms with E-state index >= 15 is 0 Å². The first-order chi connectivity index (χ1) is 13.1. The monoisotopic (exact) mass is 407 g/mol. The Morgan fingerprint density at radius 2 is 1.68 bits per heavy atom. The summed E-state index contributed by atoms with van der Waals surface area (Å²) in [4.78, 5) is 14.6. The number of carbonyl (C=O) groups is 1. The molecule has 2 fully saturated rings. The van der Waals surface area contributed by atoms with Gasteiger partial charge in [0.05, 0.1) is 11.4 Å². The van der Waals surface area contributed by atoms with E-state index in [9.17, 15) is 13.2 Å². The van der Waals surface area contributed by atoms with E-state index in [1.54, 1.807) is 12.1 Å². The van der Waals surface area contributed by atoms with Crippen LogP contribution in [0.2, 0.25) is 0 Å². The van der Waals surface area contributed by atoms with Gasteiger partial charge in [-0.1, -0.05) is 32.9 Å². The summed E-state index contributed by atoms with van der Waals surface area (Å²) in [7, 11) is -3.49. The summed E-state index contributed by atoms with van der Waals surface area (Å²) in [6.45, 7) is 10.7. The van der Waals surface area contributed by atoms with Gasteiger partial charge in [0, 0.05) is 32.2 Å². The fourth-order valence-electron chi connectivity index (χ4n) is 3.62. The molecule has 2 aliphatic rings. The number of carbonyl (C=O) groups excluding carboxylic acids is 1. The van der Waals surface area contributed by atoms with Crippen molar-refractivity contribution >= 4 is 15.9 Å². The number of piperazine rings is 1. The van der Waals surface area contributed by atoms with Gasteiger partial charge < -0.3 is 5.32 Å². The molecule has 1 aliphatic carbocycles. The average molecular weight is 408 g/mol. The lowest BCUT2D eigenvalue weighted by atomic mass is 9.87. The number of hydrogen-bond acceptors (Lipinski definition) is 4. The summed E-state index contributed by atoms with van der Waals surface area (Å²) in [5.74, 6) is 0.670. The van der Waals surface area contributed by atoms with Crippen LogP contribution in [0.15, 0.2) is 29.2 Å². The molecule has 3 rings (SSSR count). The van der Waals surface area contributed by atoms with Crippen LogP contribution in [0.5, 0.6) is 0 Å². The number of rotatable bonds is 6. The molecule has 0 unspecified atom stereocenters. The molecule has 1 N–H and O–H groups in total. The highest BCUT2D eigenvalue weighted by molar-refractivity contribution is 7.89. The van der Waals surface area contributed by atoms with Gasteiger partial charge in [-0.2, -0.15) is 4.31 Å². The maximum absolute atomic E-state index is 12.9. The third-order valence-electron chi connectivity index (χ3n) is 5.77. The molecule has 0 aromatic heterocycles. The van der Waals surface area contributed by atoms with Crippen LogP contribution in [0.3, 0.4) is 0 Å². The lowest BCUT2D eigenvalue weighted by Gasteiger charge is -2.33. The molecule has 6 nitrogen and oxygen atoms in total. The van der Waals surface area contributed by atoms with Crippen molar-refractivity contribution < 1.29 is 13.2 Å². The molecule has 1 aliphatic heterocycles. The number of benzene rings is 1. The second-order valence-corrected chi connectivity index (χ2v) is 11.1. The molecule has 28 heavy (non-hydrogen) atoms. The zero-order valence-electron chi connectivity index (χ0n) is 17.4. The maximum atomic E-state index is 12.9. The van der Waals surface area contributed by atoms with E-state index in [0.29, 0.717) is 43.5 Å². The van der Waals surface area contributed by atoms with Crippen molar-refractivity contribution in [1.29, 1.82) is 0 Å². The van der Waals surface area contributed by atoms with E-state index in [1.165, 1.54) is 17.1 Å². The molecular formula is C21H33N3O3S. The molecule has 1 saturated heterocycles. The Morgan fingerprint density at radius 3 is 2.18 bits per heavy atom. The second-order valence-electron chi connectivity index (χ2n) is 9.15. The van der Waals surface area contributed by atoms with Crippen molar-refractivity contribution in [2.45, 2.75) is 56.9 Å². The van der Waals surface area contributed by atoms with Crippen LogP contribution in [0, 0.1) is 5.92 Å². The molecule has 0 bridgehead atoms. The predicted molar refractivity (Wildman–Crippen MR) is 111 cm³/mol. The van der Waals surface area contributed by atoms with Crippen molar-refractivity contribution in [2.75, 3.05) is 32.7 Å². The van der Waals surface area contributed by atoms with Crippen molar-refractivity contribution in [1.82, 2.24) is 14.5 Å². The topological polar surface area (TPSA) is 69.7 Å². The Balaban J connectivity index is 1.53. The summed E-state index contributed by atoms with van der Waals surface area (Å²) >= 11 is 0. The molecule has 1 amide bonds. The first kappa shape index (κ1) is 21.3. The molecular weight excluding hydrogens is 374 g/mol. The fraction of sp³-hybridized carbons (Fsp3) is 0.667. The van der Waals surface area contributed by atoms with Crippen molar-refractivity contribution in [2.24, 2.45) is 5.92 Å². The zero-order chi connectivity index (χ0) is 20.5. The Hall–Kier alpha value is -1.44. The SMILES string of the molecule is C[C@@H](NC(=O)CN1CCN(S(=O)(=O)c2ccc(C(C)(C)C)cc2)CC1)C1CC1. The Bertz CT molecular complexity index is 787. The summed E-state index contributed by atoms with van der Waals surface area (Å²) in [6, 6.07) is 7.44. The summed E-state index contributed by atoms with van der Waals surface area (Å²) < 4.78 is 27.4. The lowest BCUT2D eigenvalue weighted by molar-refractivity contribution is -0.123. The smallest absolute Gasteiger partial charge is 0.243 e. The fourth-order valence-corrected chi connectivity index (χ4v) is 5.04. The Kier molecular flexibility index (Phi) is 6.17. The normalized spacial score (nSPS) is 20.7. The molecule has 0 radical (unpaired) electrons. The summed E-state index contributed by atoms with van der Waals surface area (Å²) in [6.07, 6.45) is 2.41. The molecule has 156 valence electrons. The van der Waals surface area contributed by atoms with Gasteiger partial charge in [-0.3, -0.25) is 9.69 Å². The molecule has 1 saturated carbocycles. The van der Waals surface area contributed by atoms with Crippen LogP contribution in [-0.2, 0) is 20.2 Å². The highest BCUT2D eigenvalue weighted by Crippen LogP contribution is 2.32. The maximum Gasteiger partial charge on any atom is 0.243 e. The van der Waals surface area contributed by atoms with Gasteiger partial charge in [-0.15, -0.1) is 0 Å². The van der Waals surface area contributed by atoms with Gasteiger partial charge in [-0.05, 0) is 48.8 Å². The molecule has 1 atom stereocenters. The van der Waals surface area contributed by atoms with Gasteiger partial charge in [0.25, 0.3) is 0 Å². The Morgan fingerprint density at radius 1 is 1.11 bits per heavy atom. The van der Waals surface area contributed by atoms with E-state index in [1.807, 2.05) is 17.0 Å². The quantitative estimate of drug-likeness (QED) is 0.785. The van der Waals surface area contributed by atoms with Gasteiger partial charge in [0.2, 0.25) is 15.9 Å². The third kappa shape index (κ3) is 5.13. The second kappa shape index (κ2) is 8.13. The predicted octanol–water partition coefficient (Wildman–Crippen LogP) is 2.21. The molecule has 7 heteroatoms. The first-order valence-electron chi connectivity index (χ1n) is 10.2. The van der Waals surface area contributed by atoms with Crippen molar-refractivity contribution in [3.63, 3.8) is 0 Å². The number of sulfonamides is 1. The van der Waals surface area contributed by atoms with Crippen LogP contribution in [0.4, 0.5) is 0 Å². The molecule has 1 aromatic rings. The summed E-state index contributed by atoms with van der Waals surface area (Å²) in [5, 5.41) is 3.06. The number of amides is 1. The van der Waals surface area contributed by atoms with Crippen LogP contribution in [-0.4, -0.2) is 62.3 Å². The summed E-state index contributed by atoms with van der Waals surface area (Å²) in [5.41, 5.74) is 1.11. The third-order valence-corrected chi connectivity index (χ3v) is 7.69. The highest BCUT2D eigenvalue weighted by Gasteiger charge is 2.31.